The van der Waals surface area contributed by atoms with Crippen molar-refractivity contribution in [3.05, 3.63) is 33.8 Å². The number of hydrogen-bond donors (Lipinski definition) is 2. The Morgan fingerprint density at radius 2 is 2.33 bits per heavy atom. The van der Waals surface area contributed by atoms with Crippen LogP contribution in [0.5, 0.6) is 0 Å². The predicted octanol–water partition coefficient (Wildman–Crippen LogP) is 2.09. The highest BCUT2D eigenvalue weighted by Crippen LogP contribution is 2.23. The minimum Gasteiger partial charge on any atom is -0.392 e. The molecule has 1 atom stereocenters. The van der Waals surface area contributed by atoms with Crippen molar-refractivity contribution >= 4 is 15.9 Å². The molecule has 2 nitrogen and oxygen atoms in total. The largest absolute Gasteiger partial charge is 0.392 e. The van der Waals surface area contributed by atoms with Gasteiger partial charge in [0.05, 0.1) is 6.61 Å². The zero-order valence-electron chi connectivity index (χ0n) is 8.67. The van der Waals surface area contributed by atoms with Crippen molar-refractivity contribution in [2.24, 2.45) is 5.92 Å². The molecule has 0 amide bonds. The molecule has 1 aliphatic rings. The Morgan fingerprint density at radius 3 is 2.93 bits per heavy atom. The molecule has 82 valence electrons. The van der Waals surface area contributed by atoms with Gasteiger partial charge < -0.3 is 10.4 Å². The molecular formula is C12H16BrNO. The summed E-state index contributed by atoms with van der Waals surface area (Å²) in [7, 11) is 0. The maximum atomic E-state index is 9.01. The maximum Gasteiger partial charge on any atom is 0.0682 e. The van der Waals surface area contributed by atoms with Gasteiger partial charge in [-0.1, -0.05) is 28.1 Å². The molecule has 0 aliphatic carbocycles. The van der Waals surface area contributed by atoms with E-state index in [-0.39, 0.29) is 6.61 Å². The first-order valence-corrected chi connectivity index (χ1v) is 6.18. The second-order valence-electron chi connectivity index (χ2n) is 4.15. The molecule has 2 rings (SSSR count). The predicted molar refractivity (Wildman–Crippen MR) is 64.7 cm³/mol. The summed E-state index contributed by atoms with van der Waals surface area (Å²) in [6.45, 7) is 2.40. The van der Waals surface area contributed by atoms with Crippen molar-refractivity contribution in [2.45, 2.75) is 19.4 Å². The van der Waals surface area contributed by atoms with Gasteiger partial charge in [-0.05, 0) is 49.0 Å². The average Bonchev–Trinajstić information content (AvgIpc) is 2.74. The molecule has 1 aromatic carbocycles. The van der Waals surface area contributed by atoms with Crippen LogP contribution in [-0.2, 0) is 13.0 Å². The van der Waals surface area contributed by atoms with Crippen molar-refractivity contribution < 1.29 is 5.11 Å². The van der Waals surface area contributed by atoms with Crippen molar-refractivity contribution in [1.29, 1.82) is 0 Å². The molecular weight excluding hydrogens is 254 g/mol. The van der Waals surface area contributed by atoms with Crippen LogP contribution in [0.1, 0.15) is 17.5 Å². The lowest BCUT2D eigenvalue weighted by Gasteiger charge is -2.10. The van der Waals surface area contributed by atoms with Crippen molar-refractivity contribution in [3.63, 3.8) is 0 Å². The van der Waals surface area contributed by atoms with E-state index in [4.69, 9.17) is 5.11 Å². The molecule has 0 aromatic heterocycles. The molecule has 3 heteroatoms. The van der Waals surface area contributed by atoms with Gasteiger partial charge in [-0.2, -0.15) is 0 Å². The summed E-state index contributed by atoms with van der Waals surface area (Å²) in [5, 5.41) is 12.4. The van der Waals surface area contributed by atoms with Crippen LogP contribution in [-0.4, -0.2) is 18.2 Å². The molecule has 0 spiro atoms. The normalized spacial score (nSPS) is 20.8. The Balaban J connectivity index is 2.07. The lowest BCUT2D eigenvalue weighted by atomic mass is 9.98. The molecule has 1 aliphatic heterocycles. The van der Waals surface area contributed by atoms with E-state index < -0.39 is 0 Å². The van der Waals surface area contributed by atoms with Crippen LogP contribution in [0.15, 0.2) is 22.7 Å². The molecule has 1 heterocycles. The molecule has 1 fully saturated rings. The number of nitrogens with one attached hydrogen (secondary N) is 1. The van der Waals surface area contributed by atoms with E-state index in [1.54, 1.807) is 0 Å². The van der Waals surface area contributed by atoms with Gasteiger partial charge in [0, 0.05) is 4.47 Å². The fraction of sp³-hybridized carbons (Fsp3) is 0.500. The van der Waals surface area contributed by atoms with Gasteiger partial charge in [-0.15, -0.1) is 0 Å². The summed E-state index contributed by atoms with van der Waals surface area (Å²) < 4.78 is 1.13. The number of aliphatic hydroxyl groups is 1. The van der Waals surface area contributed by atoms with E-state index in [0.717, 1.165) is 35.5 Å². The third kappa shape index (κ3) is 2.80. The fourth-order valence-corrected chi connectivity index (χ4v) is 2.64. The van der Waals surface area contributed by atoms with Gasteiger partial charge in [0.1, 0.15) is 0 Å². The first-order valence-electron chi connectivity index (χ1n) is 5.38. The lowest BCUT2D eigenvalue weighted by Crippen LogP contribution is -2.11. The van der Waals surface area contributed by atoms with E-state index in [1.807, 2.05) is 12.1 Å². The maximum absolute atomic E-state index is 9.01. The van der Waals surface area contributed by atoms with Crippen LogP contribution in [0.3, 0.4) is 0 Å². The van der Waals surface area contributed by atoms with E-state index in [0.29, 0.717) is 0 Å². The Hall–Kier alpha value is -0.380. The van der Waals surface area contributed by atoms with Crippen LogP contribution in [0.2, 0.25) is 0 Å². The highest BCUT2D eigenvalue weighted by atomic mass is 79.9. The van der Waals surface area contributed by atoms with E-state index in [9.17, 15) is 0 Å². The Kier molecular flexibility index (Phi) is 3.78. The molecule has 0 bridgehead atoms. The highest BCUT2D eigenvalue weighted by Gasteiger charge is 2.15. The standard InChI is InChI=1S/C12H16BrNO/c13-12-6-10(8-15)1-2-11(12)5-9-3-4-14-7-9/h1-2,6,9,14-15H,3-5,7-8H2. The third-order valence-electron chi connectivity index (χ3n) is 2.97. The Labute approximate surface area is 98.8 Å². The molecule has 0 saturated carbocycles. The average molecular weight is 270 g/mol. The van der Waals surface area contributed by atoms with Crippen LogP contribution >= 0.6 is 15.9 Å². The molecule has 15 heavy (non-hydrogen) atoms. The molecule has 1 aromatic rings. The third-order valence-corrected chi connectivity index (χ3v) is 3.71. The Morgan fingerprint density at radius 1 is 1.47 bits per heavy atom. The van der Waals surface area contributed by atoms with Crippen molar-refractivity contribution in [1.82, 2.24) is 5.32 Å². The first kappa shape index (κ1) is 11.1. The van der Waals surface area contributed by atoms with Crippen molar-refractivity contribution in [3.8, 4) is 0 Å². The van der Waals surface area contributed by atoms with E-state index >= 15 is 0 Å². The first-order chi connectivity index (χ1) is 7.29. The number of benzene rings is 1. The summed E-state index contributed by atoms with van der Waals surface area (Å²) in [5.41, 5.74) is 2.32. The van der Waals surface area contributed by atoms with Crippen molar-refractivity contribution in [2.75, 3.05) is 13.1 Å². The highest BCUT2D eigenvalue weighted by molar-refractivity contribution is 9.10. The summed E-state index contributed by atoms with van der Waals surface area (Å²) in [4.78, 5) is 0. The van der Waals surface area contributed by atoms with Gasteiger partial charge in [0.15, 0.2) is 0 Å². The smallest absolute Gasteiger partial charge is 0.0682 e. The van der Waals surface area contributed by atoms with Crippen LogP contribution in [0, 0.1) is 5.92 Å². The second-order valence-corrected chi connectivity index (χ2v) is 5.00. The van der Waals surface area contributed by atoms with E-state index in [2.05, 4.69) is 27.3 Å². The molecule has 1 saturated heterocycles. The van der Waals surface area contributed by atoms with Gasteiger partial charge in [0.2, 0.25) is 0 Å². The van der Waals surface area contributed by atoms with Gasteiger partial charge in [-0.25, -0.2) is 0 Å². The SMILES string of the molecule is OCc1ccc(CC2CCNC2)c(Br)c1. The number of halogens is 1. The summed E-state index contributed by atoms with van der Waals surface area (Å²) in [5.74, 6) is 0.765. The fourth-order valence-electron chi connectivity index (χ4n) is 2.05. The molecule has 1 unspecified atom stereocenters. The zero-order valence-corrected chi connectivity index (χ0v) is 10.3. The second kappa shape index (κ2) is 5.10. The number of aliphatic hydroxyl groups excluding tert-OH is 1. The number of rotatable bonds is 3. The monoisotopic (exact) mass is 269 g/mol. The number of hydrogen-bond acceptors (Lipinski definition) is 2. The molecule has 2 N–H and O–H groups in total. The quantitative estimate of drug-likeness (QED) is 0.881. The lowest BCUT2D eigenvalue weighted by molar-refractivity contribution is 0.281. The zero-order chi connectivity index (χ0) is 10.7. The summed E-state index contributed by atoms with van der Waals surface area (Å²) in [6.07, 6.45) is 2.40. The van der Waals surface area contributed by atoms with Crippen LogP contribution in [0.4, 0.5) is 0 Å². The summed E-state index contributed by atoms with van der Waals surface area (Å²) >= 11 is 3.56. The van der Waals surface area contributed by atoms with E-state index in [1.165, 1.54) is 12.0 Å². The Bertz CT molecular complexity index is 334. The van der Waals surface area contributed by atoms with Gasteiger partial charge >= 0.3 is 0 Å². The topological polar surface area (TPSA) is 32.3 Å². The minimum atomic E-state index is 0.115. The van der Waals surface area contributed by atoms with Crippen LogP contribution < -0.4 is 5.32 Å². The van der Waals surface area contributed by atoms with Crippen LogP contribution in [0.25, 0.3) is 0 Å². The van der Waals surface area contributed by atoms with Gasteiger partial charge in [-0.3, -0.25) is 0 Å². The van der Waals surface area contributed by atoms with Gasteiger partial charge in [0.25, 0.3) is 0 Å². The molecule has 0 radical (unpaired) electrons. The minimum absolute atomic E-state index is 0.115. The summed E-state index contributed by atoms with van der Waals surface area (Å²) in [6, 6.07) is 6.13.